The number of nitrogens with zero attached hydrogens (tertiary/aromatic N) is 2. The van der Waals surface area contributed by atoms with Crippen LogP contribution in [-0.2, 0) is 20.8 Å². The highest BCUT2D eigenvalue weighted by molar-refractivity contribution is 7.86. The first-order valence-corrected chi connectivity index (χ1v) is 10.1. The maximum atomic E-state index is 12.4. The quantitative estimate of drug-likeness (QED) is 0.613. The third kappa shape index (κ3) is 3.69. The van der Waals surface area contributed by atoms with Crippen LogP contribution in [-0.4, -0.2) is 30.7 Å². The fourth-order valence-corrected chi connectivity index (χ4v) is 3.95. The van der Waals surface area contributed by atoms with Gasteiger partial charge in [0.25, 0.3) is 15.7 Å². The van der Waals surface area contributed by atoms with Gasteiger partial charge < -0.3 is 4.74 Å². The molecule has 0 saturated carbocycles. The Labute approximate surface area is 162 Å². The molecule has 0 spiro atoms. The first-order valence-electron chi connectivity index (χ1n) is 8.72. The molecule has 144 valence electrons. The lowest BCUT2D eigenvalue weighted by atomic mass is 10.1. The largest absolute Gasteiger partial charge is 0.457 e. The van der Waals surface area contributed by atoms with Gasteiger partial charge in [0.05, 0.1) is 17.1 Å². The lowest BCUT2D eigenvalue weighted by Crippen LogP contribution is -2.24. The predicted molar refractivity (Wildman–Crippen MR) is 103 cm³/mol. The minimum Gasteiger partial charge on any atom is -0.457 e. The predicted octanol–water partition coefficient (Wildman–Crippen LogP) is 2.39. The molecule has 0 N–H and O–H groups in total. The highest BCUT2D eigenvalue weighted by atomic mass is 32.2. The average molecular weight is 398 g/mol. The van der Waals surface area contributed by atoms with E-state index in [0.29, 0.717) is 12.2 Å². The molecule has 0 bridgehead atoms. The Bertz CT molecular complexity index is 1160. The molecular formula is C20H18N2O5S. The Balaban J connectivity index is 1.53. The molecule has 0 radical (unpaired) electrons. The van der Waals surface area contributed by atoms with Gasteiger partial charge in [0.15, 0.2) is 0 Å². The molecule has 1 aliphatic heterocycles. The van der Waals surface area contributed by atoms with Crippen molar-refractivity contribution in [2.45, 2.75) is 24.5 Å². The molecular weight excluding hydrogens is 380 g/mol. The Hall–Kier alpha value is -2.97. The monoisotopic (exact) mass is 398 g/mol. The van der Waals surface area contributed by atoms with Crippen molar-refractivity contribution in [2.24, 2.45) is 0 Å². The number of ether oxygens (including phenoxy) is 1. The van der Waals surface area contributed by atoms with Crippen molar-refractivity contribution in [3.63, 3.8) is 0 Å². The molecule has 3 aromatic rings. The summed E-state index contributed by atoms with van der Waals surface area (Å²) in [6, 6.07) is 17.4. The summed E-state index contributed by atoms with van der Waals surface area (Å²) in [6.07, 6.45) is -0.572. The van der Waals surface area contributed by atoms with E-state index in [0.717, 1.165) is 11.1 Å². The van der Waals surface area contributed by atoms with Crippen LogP contribution in [0.25, 0.3) is 11.3 Å². The number of hydrogen-bond acceptors (Lipinski definition) is 6. The van der Waals surface area contributed by atoms with E-state index in [-0.39, 0.29) is 17.5 Å². The highest BCUT2D eigenvalue weighted by Crippen LogP contribution is 2.27. The van der Waals surface area contributed by atoms with E-state index in [1.54, 1.807) is 16.7 Å². The van der Waals surface area contributed by atoms with Crippen LogP contribution in [0.1, 0.15) is 5.56 Å². The van der Waals surface area contributed by atoms with Crippen LogP contribution < -0.4 is 10.3 Å². The van der Waals surface area contributed by atoms with E-state index in [4.69, 9.17) is 8.92 Å². The number of fused-ring (bicyclic) bond motifs is 1. The number of benzene rings is 2. The lowest BCUT2D eigenvalue weighted by molar-refractivity contribution is 0.147. The molecule has 0 amide bonds. The zero-order chi connectivity index (χ0) is 19.7. The first kappa shape index (κ1) is 18.4. The highest BCUT2D eigenvalue weighted by Gasteiger charge is 2.28. The van der Waals surface area contributed by atoms with Crippen LogP contribution in [0.15, 0.2) is 70.4 Å². The van der Waals surface area contributed by atoms with E-state index in [1.165, 1.54) is 18.2 Å². The third-order valence-electron chi connectivity index (χ3n) is 4.43. The van der Waals surface area contributed by atoms with Crippen LogP contribution in [0.5, 0.6) is 6.01 Å². The molecule has 7 nitrogen and oxygen atoms in total. The number of hydrogen-bond donors (Lipinski definition) is 0. The number of rotatable bonds is 5. The zero-order valence-corrected chi connectivity index (χ0v) is 15.9. The molecule has 0 saturated heterocycles. The topological polar surface area (TPSA) is 87.5 Å². The summed E-state index contributed by atoms with van der Waals surface area (Å²) in [5, 5.41) is 0. The molecule has 1 unspecified atom stereocenters. The van der Waals surface area contributed by atoms with Crippen LogP contribution in [0.3, 0.4) is 0 Å². The molecule has 4 rings (SSSR count). The van der Waals surface area contributed by atoms with Gasteiger partial charge in [-0.1, -0.05) is 48.0 Å². The van der Waals surface area contributed by atoms with Crippen molar-refractivity contribution < 1.29 is 17.3 Å². The second-order valence-electron chi connectivity index (χ2n) is 6.53. The molecule has 1 atom stereocenters. The molecule has 0 fully saturated rings. The van der Waals surface area contributed by atoms with Crippen molar-refractivity contribution in [1.82, 2.24) is 9.55 Å². The van der Waals surface area contributed by atoms with Crippen molar-refractivity contribution >= 4 is 10.1 Å². The first-order chi connectivity index (χ1) is 13.4. The summed E-state index contributed by atoms with van der Waals surface area (Å²) < 4.78 is 37.3. The summed E-state index contributed by atoms with van der Waals surface area (Å²) in [5.74, 6) is 0. The SMILES string of the molecule is Cc1ccc(S(=O)(=O)OCC2Cn3c(-c4ccccc4)cc(=O)nc3O2)cc1. The minimum absolute atomic E-state index is 0.0891. The van der Waals surface area contributed by atoms with Gasteiger partial charge in [-0.2, -0.15) is 13.4 Å². The zero-order valence-electron chi connectivity index (χ0n) is 15.1. The van der Waals surface area contributed by atoms with Crippen molar-refractivity contribution in [3.05, 3.63) is 76.6 Å². The molecule has 2 heterocycles. The Morgan fingerprint density at radius 3 is 2.57 bits per heavy atom. The van der Waals surface area contributed by atoms with Gasteiger partial charge in [0.1, 0.15) is 12.7 Å². The summed E-state index contributed by atoms with van der Waals surface area (Å²) in [6.45, 7) is 2.03. The van der Waals surface area contributed by atoms with Crippen LogP contribution >= 0.6 is 0 Å². The van der Waals surface area contributed by atoms with E-state index < -0.39 is 21.8 Å². The smallest absolute Gasteiger partial charge is 0.300 e. The molecule has 8 heteroatoms. The molecule has 1 aliphatic rings. The van der Waals surface area contributed by atoms with E-state index in [9.17, 15) is 13.2 Å². The fourth-order valence-electron chi connectivity index (χ4n) is 3.01. The van der Waals surface area contributed by atoms with E-state index in [1.807, 2.05) is 37.3 Å². The van der Waals surface area contributed by atoms with Crippen molar-refractivity contribution in [2.75, 3.05) is 6.61 Å². The molecule has 0 aliphatic carbocycles. The van der Waals surface area contributed by atoms with Gasteiger partial charge in [-0.05, 0) is 24.6 Å². The molecule has 2 aromatic carbocycles. The lowest BCUT2D eigenvalue weighted by Gasteiger charge is -2.10. The Morgan fingerprint density at radius 2 is 1.86 bits per heavy atom. The maximum absolute atomic E-state index is 12.4. The van der Waals surface area contributed by atoms with Gasteiger partial charge in [0.2, 0.25) is 0 Å². The third-order valence-corrected chi connectivity index (χ3v) is 5.73. The van der Waals surface area contributed by atoms with Gasteiger partial charge in [-0.3, -0.25) is 13.5 Å². The van der Waals surface area contributed by atoms with Gasteiger partial charge in [-0.25, -0.2) is 0 Å². The fraction of sp³-hybridized carbons (Fsp3) is 0.200. The minimum atomic E-state index is -3.89. The second kappa shape index (κ2) is 7.21. The maximum Gasteiger partial charge on any atom is 0.300 e. The Morgan fingerprint density at radius 1 is 1.14 bits per heavy atom. The van der Waals surface area contributed by atoms with Gasteiger partial charge in [-0.15, -0.1) is 0 Å². The van der Waals surface area contributed by atoms with Gasteiger partial charge >= 0.3 is 6.01 Å². The summed E-state index contributed by atoms with van der Waals surface area (Å²) in [7, 11) is -3.89. The van der Waals surface area contributed by atoms with Crippen LogP contribution in [0.2, 0.25) is 0 Å². The number of aryl methyl sites for hydroxylation is 1. The average Bonchev–Trinajstić information content (AvgIpc) is 3.10. The van der Waals surface area contributed by atoms with Crippen molar-refractivity contribution in [3.8, 4) is 17.3 Å². The normalized spacial score (nSPS) is 15.8. The van der Waals surface area contributed by atoms with Crippen LogP contribution in [0, 0.1) is 6.92 Å². The Kier molecular flexibility index (Phi) is 4.74. The summed E-state index contributed by atoms with van der Waals surface area (Å²) >= 11 is 0. The summed E-state index contributed by atoms with van der Waals surface area (Å²) in [4.78, 5) is 15.9. The van der Waals surface area contributed by atoms with E-state index in [2.05, 4.69) is 4.98 Å². The molecule has 28 heavy (non-hydrogen) atoms. The summed E-state index contributed by atoms with van der Waals surface area (Å²) in [5.41, 5.74) is 2.05. The van der Waals surface area contributed by atoms with Crippen LogP contribution in [0.4, 0.5) is 0 Å². The van der Waals surface area contributed by atoms with Crippen molar-refractivity contribution in [1.29, 1.82) is 0 Å². The van der Waals surface area contributed by atoms with E-state index >= 15 is 0 Å². The molecule has 1 aromatic heterocycles. The number of aromatic nitrogens is 2. The standard InChI is InChI=1S/C20H18N2O5S/c1-14-7-9-17(10-8-14)28(24,25)26-13-16-12-22-18(15-5-3-2-4-6-15)11-19(23)21-20(22)27-16/h2-11,16H,12-13H2,1H3. The van der Waals surface area contributed by atoms with Gasteiger partial charge in [0, 0.05) is 6.07 Å². The second-order valence-corrected chi connectivity index (χ2v) is 8.15.